The van der Waals surface area contributed by atoms with Gasteiger partial charge in [0, 0.05) is 5.69 Å². The maximum atomic E-state index is 11.0. The minimum Gasteiger partial charge on any atom is -0.453 e. The zero-order valence-corrected chi connectivity index (χ0v) is 9.04. The van der Waals surface area contributed by atoms with Gasteiger partial charge in [-0.25, -0.2) is 4.79 Å². The second-order valence-corrected chi connectivity index (χ2v) is 3.45. The first-order chi connectivity index (χ1) is 7.11. The van der Waals surface area contributed by atoms with Gasteiger partial charge in [0.2, 0.25) is 0 Å². The molecular formula is C12H15NO2. The predicted octanol–water partition coefficient (Wildman–Crippen LogP) is 2.98. The Morgan fingerprint density at radius 3 is 2.87 bits per heavy atom. The van der Waals surface area contributed by atoms with Gasteiger partial charge in [0.25, 0.3) is 0 Å². The molecule has 1 aromatic rings. The molecule has 0 unspecified atom stereocenters. The lowest BCUT2D eigenvalue weighted by atomic mass is 10.1. The lowest BCUT2D eigenvalue weighted by Crippen LogP contribution is -2.10. The van der Waals surface area contributed by atoms with E-state index in [-0.39, 0.29) is 0 Å². The van der Waals surface area contributed by atoms with Crippen LogP contribution in [0.5, 0.6) is 0 Å². The van der Waals surface area contributed by atoms with Gasteiger partial charge in [0.05, 0.1) is 7.11 Å². The molecule has 0 fully saturated rings. The number of methoxy groups -OCH3 is 1. The van der Waals surface area contributed by atoms with E-state index in [0.29, 0.717) is 0 Å². The molecule has 1 rings (SSSR count). The van der Waals surface area contributed by atoms with Crippen molar-refractivity contribution in [2.24, 2.45) is 0 Å². The van der Waals surface area contributed by atoms with E-state index in [1.165, 1.54) is 7.11 Å². The van der Waals surface area contributed by atoms with E-state index in [1.54, 1.807) is 0 Å². The van der Waals surface area contributed by atoms with Gasteiger partial charge in [0.15, 0.2) is 0 Å². The monoisotopic (exact) mass is 205 g/mol. The first kappa shape index (κ1) is 11.3. The van der Waals surface area contributed by atoms with Gasteiger partial charge in [-0.05, 0) is 31.0 Å². The largest absolute Gasteiger partial charge is 0.453 e. The summed E-state index contributed by atoms with van der Waals surface area (Å²) in [6.07, 6.45) is 0.360. The summed E-state index contributed by atoms with van der Waals surface area (Å²) in [5.74, 6) is 0. The predicted molar refractivity (Wildman–Crippen MR) is 61.0 cm³/mol. The third-order valence-electron chi connectivity index (χ3n) is 1.86. The summed E-state index contributed by atoms with van der Waals surface area (Å²) in [5.41, 5.74) is 2.95. The molecule has 3 heteroatoms. The Hall–Kier alpha value is -1.77. The number of carbonyl (C=O) groups is 1. The van der Waals surface area contributed by atoms with E-state index in [0.717, 1.165) is 23.2 Å². The van der Waals surface area contributed by atoms with Crippen molar-refractivity contribution in [3.05, 3.63) is 42.0 Å². The third kappa shape index (κ3) is 3.85. The van der Waals surface area contributed by atoms with Crippen LogP contribution in [0.15, 0.2) is 36.4 Å². The topological polar surface area (TPSA) is 38.3 Å². The van der Waals surface area contributed by atoms with Crippen LogP contribution in [0.25, 0.3) is 0 Å². The Morgan fingerprint density at radius 2 is 2.27 bits per heavy atom. The summed E-state index contributed by atoms with van der Waals surface area (Å²) in [6, 6.07) is 7.62. The van der Waals surface area contributed by atoms with E-state index in [2.05, 4.69) is 16.6 Å². The van der Waals surface area contributed by atoms with E-state index in [1.807, 2.05) is 31.2 Å². The molecule has 3 nitrogen and oxygen atoms in total. The van der Waals surface area contributed by atoms with E-state index < -0.39 is 6.09 Å². The number of benzene rings is 1. The van der Waals surface area contributed by atoms with Crippen LogP contribution in [0.2, 0.25) is 0 Å². The summed E-state index contributed by atoms with van der Waals surface area (Å²) in [7, 11) is 1.34. The molecule has 1 amide bonds. The van der Waals surface area contributed by atoms with Crippen LogP contribution in [0.1, 0.15) is 12.5 Å². The van der Waals surface area contributed by atoms with E-state index in [4.69, 9.17) is 0 Å². The second-order valence-electron chi connectivity index (χ2n) is 3.45. The fraction of sp³-hybridized carbons (Fsp3) is 0.250. The molecule has 1 aromatic carbocycles. The molecule has 80 valence electrons. The molecule has 0 aliphatic heterocycles. The number of allylic oxidation sites excluding steroid dienone is 1. The number of nitrogens with one attached hydrogen (secondary N) is 1. The zero-order valence-electron chi connectivity index (χ0n) is 9.04. The Balaban J connectivity index is 2.74. The molecule has 0 heterocycles. The molecule has 0 saturated carbocycles. The van der Waals surface area contributed by atoms with Gasteiger partial charge >= 0.3 is 6.09 Å². The number of carbonyl (C=O) groups excluding carboxylic acids is 1. The lowest BCUT2D eigenvalue weighted by molar-refractivity contribution is 0.187. The zero-order chi connectivity index (χ0) is 11.3. The minimum absolute atomic E-state index is 0.456. The van der Waals surface area contributed by atoms with Crippen LogP contribution in [0.3, 0.4) is 0 Å². The van der Waals surface area contributed by atoms with Gasteiger partial charge in [-0.2, -0.15) is 0 Å². The fourth-order valence-electron chi connectivity index (χ4n) is 1.28. The number of anilines is 1. The molecule has 0 bridgehead atoms. The lowest BCUT2D eigenvalue weighted by Gasteiger charge is -2.06. The Bertz CT molecular complexity index is 372. The average molecular weight is 205 g/mol. The van der Waals surface area contributed by atoms with Gasteiger partial charge in [-0.1, -0.05) is 24.3 Å². The summed E-state index contributed by atoms with van der Waals surface area (Å²) >= 11 is 0. The van der Waals surface area contributed by atoms with Crippen molar-refractivity contribution in [2.45, 2.75) is 13.3 Å². The van der Waals surface area contributed by atoms with Gasteiger partial charge in [0.1, 0.15) is 0 Å². The molecule has 0 radical (unpaired) electrons. The van der Waals surface area contributed by atoms with Crippen molar-refractivity contribution in [1.82, 2.24) is 0 Å². The van der Waals surface area contributed by atoms with Crippen LogP contribution in [-0.4, -0.2) is 13.2 Å². The quantitative estimate of drug-likeness (QED) is 0.770. The summed E-state index contributed by atoms with van der Waals surface area (Å²) < 4.78 is 4.51. The molecule has 1 N–H and O–H groups in total. The van der Waals surface area contributed by atoms with Crippen LogP contribution in [0, 0.1) is 0 Å². The molecule has 0 saturated heterocycles. The highest BCUT2D eigenvalue weighted by Crippen LogP contribution is 2.13. The first-order valence-corrected chi connectivity index (χ1v) is 4.70. The van der Waals surface area contributed by atoms with Crippen LogP contribution in [-0.2, 0) is 11.2 Å². The van der Waals surface area contributed by atoms with Crippen molar-refractivity contribution in [1.29, 1.82) is 0 Å². The normalized spacial score (nSPS) is 9.47. The van der Waals surface area contributed by atoms with Gasteiger partial charge in [-0.15, -0.1) is 0 Å². The van der Waals surface area contributed by atoms with Gasteiger partial charge < -0.3 is 4.74 Å². The molecule has 0 aromatic heterocycles. The van der Waals surface area contributed by atoms with E-state index in [9.17, 15) is 4.79 Å². The molecule has 0 spiro atoms. The highest BCUT2D eigenvalue weighted by molar-refractivity contribution is 5.84. The van der Waals surface area contributed by atoms with Crippen molar-refractivity contribution in [2.75, 3.05) is 12.4 Å². The van der Waals surface area contributed by atoms with Gasteiger partial charge in [-0.3, -0.25) is 5.32 Å². The molecular weight excluding hydrogens is 190 g/mol. The molecule has 0 aliphatic carbocycles. The summed E-state index contributed by atoms with van der Waals surface area (Å²) in [4.78, 5) is 11.0. The van der Waals surface area contributed by atoms with Crippen molar-refractivity contribution < 1.29 is 9.53 Å². The number of rotatable bonds is 3. The third-order valence-corrected chi connectivity index (χ3v) is 1.86. The summed E-state index contributed by atoms with van der Waals surface area (Å²) in [6.45, 7) is 5.82. The average Bonchev–Trinajstić information content (AvgIpc) is 2.17. The standard InChI is InChI=1S/C12H15NO2/c1-9(2)7-10-5-4-6-11(8-10)13-12(14)15-3/h4-6,8H,1,7H2,2-3H3,(H,13,14). The molecule has 0 atom stereocenters. The minimum atomic E-state index is -0.456. The van der Waals surface area contributed by atoms with Crippen molar-refractivity contribution in [3.8, 4) is 0 Å². The maximum Gasteiger partial charge on any atom is 0.411 e. The second kappa shape index (κ2) is 5.20. The highest BCUT2D eigenvalue weighted by Gasteiger charge is 2.01. The molecule has 15 heavy (non-hydrogen) atoms. The number of hydrogen-bond donors (Lipinski definition) is 1. The fourth-order valence-corrected chi connectivity index (χ4v) is 1.28. The Kier molecular flexibility index (Phi) is 3.92. The smallest absolute Gasteiger partial charge is 0.411 e. The summed E-state index contributed by atoms with van der Waals surface area (Å²) in [5, 5.41) is 2.61. The Morgan fingerprint density at radius 1 is 1.53 bits per heavy atom. The maximum absolute atomic E-state index is 11.0. The number of amides is 1. The highest BCUT2D eigenvalue weighted by atomic mass is 16.5. The van der Waals surface area contributed by atoms with Crippen LogP contribution < -0.4 is 5.32 Å². The number of ether oxygens (including phenoxy) is 1. The Labute approximate surface area is 89.8 Å². The van der Waals surface area contributed by atoms with Crippen LogP contribution in [0.4, 0.5) is 10.5 Å². The number of hydrogen-bond acceptors (Lipinski definition) is 2. The SMILES string of the molecule is C=C(C)Cc1cccc(NC(=O)OC)c1. The van der Waals surface area contributed by atoms with E-state index >= 15 is 0 Å². The van der Waals surface area contributed by atoms with Crippen molar-refractivity contribution in [3.63, 3.8) is 0 Å². The first-order valence-electron chi connectivity index (χ1n) is 4.70. The van der Waals surface area contributed by atoms with Crippen LogP contribution >= 0.6 is 0 Å². The molecule has 0 aliphatic rings. The van der Waals surface area contributed by atoms with Crippen molar-refractivity contribution >= 4 is 11.8 Å².